The molecule has 8 heteroatoms. The smallest absolute Gasteiger partial charge is 0.377 e. The van der Waals surface area contributed by atoms with Gasteiger partial charge in [-0.25, -0.2) is 0 Å². The SMILES string of the molecule is CO[Si](CC(COCC1CO1)OCC1CO1)(OC)OC. The third-order valence-electron chi connectivity index (χ3n) is 3.34. The van der Waals surface area contributed by atoms with Gasteiger partial charge in [-0.2, -0.15) is 0 Å². The zero-order chi connectivity index (χ0) is 14.4. The first kappa shape index (κ1) is 16.3. The molecular formula is C12H24O7Si. The number of hydrogen-bond donors (Lipinski definition) is 0. The molecule has 118 valence electrons. The quantitative estimate of drug-likeness (QED) is 0.373. The Morgan fingerprint density at radius 3 is 2.05 bits per heavy atom. The molecule has 2 aliphatic heterocycles. The van der Waals surface area contributed by atoms with E-state index in [1.165, 1.54) is 0 Å². The molecule has 3 atom stereocenters. The zero-order valence-corrected chi connectivity index (χ0v) is 13.3. The largest absolute Gasteiger partial charge is 0.502 e. The van der Waals surface area contributed by atoms with Crippen LogP contribution in [0.15, 0.2) is 0 Å². The summed E-state index contributed by atoms with van der Waals surface area (Å²) in [6.07, 6.45) is 0.328. The Labute approximate surface area is 120 Å². The fraction of sp³-hybridized carbons (Fsp3) is 1.00. The van der Waals surface area contributed by atoms with Gasteiger partial charge in [0.2, 0.25) is 0 Å². The summed E-state index contributed by atoms with van der Waals surface area (Å²) in [4.78, 5) is 0. The third kappa shape index (κ3) is 5.38. The predicted molar refractivity (Wildman–Crippen MR) is 71.6 cm³/mol. The van der Waals surface area contributed by atoms with Crippen LogP contribution in [-0.2, 0) is 32.2 Å². The van der Waals surface area contributed by atoms with Gasteiger partial charge in [-0.15, -0.1) is 0 Å². The molecule has 2 saturated heterocycles. The van der Waals surface area contributed by atoms with E-state index in [1.807, 2.05) is 0 Å². The Bertz CT molecular complexity index is 271. The first-order chi connectivity index (χ1) is 9.71. The van der Waals surface area contributed by atoms with Gasteiger partial charge in [0.25, 0.3) is 0 Å². The Morgan fingerprint density at radius 2 is 1.55 bits per heavy atom. The fourth-order valence-electron chi connectivity index (χ4n) is 1.85. The molecule has 0 saturated carbocycles. The maximum Gasteiger partial charge on any atom is 0.502 e. The predicted octanol–water partition coefficient (Wildman–Crippen LogP) is 0.0639. The van der Waals surface area contributed by atoms with E-state index in [1.54, 1.807) is 21.3 Å². The minimum absolute atomic E-state index is 0.135. The highest BCUT2D eigenvalue weighted by atomic mass is 28.4. The molecular weight excluding hydrogens is 284 g/mol. The highest BCUT2D eigenvalue weighted by molar-refractivity contribution is 6.60. The summed E-state index contributed by atoms with van der Waals surface area (Å²) in [6.45, 7) is 3.19. The number of epoxide rings is 2. The highest BCUT2D eigenvalue weighted by Crippen LogP contribution is 2.20. The molecule has 0 aliphatic carbocycles. The van der Waals surface area contributed by atoms with Crippen LogP contribution < -0.4 is 0 Å². The summed E-state index contributed by atoms with van der Waals surface area (Å²) in [5.74, 6) is 0. The summed E-state index contributed by atoms with van der Waals surface area (Å²) in [5.41, 5.74) is 0. The number of ether oxygens (including phenoxy) is 4. The van der Waals surface area contributed by atoms with Crippen LogP contribution in [0, 0.1) is 0 Å². The normalized spacial score (nSPS) is 26.6. The van der Waals surface area contributed by atoms with Crippen LogP contribution in [0.5, 0.6) is 0 Å². The van der Waals surface area contributed by atoms with Gasteiger partial charge < -0.3 is 32.2 Å². The lowest BCUT2D eigenvalue weighted by molar-refractivity contribution is -0.0246. The van der Waals surface area contributed by atoms with E-state index >= 15 is 0 Å². The summed E-state index contributed by atoms with van der Waals surface area (Å²) >= 11 is 0. The molecule has 3 unspecified atom stereocenters. The molecule has 0 spiro atoms. The molecule has 7 nitrogen and oxygen atoms in total. The Kier molecular flexibility index (Phi) is 6.37. The standard InChI is InChI=1S/C12H24O7Si/c1-13-20(14-2,15-3)9-12(19-8-11-7-18-11)5-16-4-10-6-17-10/h10-12H,4-9H2,1-3H3. The molecule has 20 heavy (non-hydrogen) atoms. The first-order valence-electron chi connectivity index (χ1n) is 6.79. The van der Waals surface area contributed by atoms with Crippen molar-refractivity contribution in [2.24, 2.45) is 0 Å². The first-order valence-corrected chi connectivity index (χ1v) is 8.72. The van der Waals surface area contributed by atoms with Gasteiger partial charge in [0.15, 0.2) is 0 Å². The lowest BCUT2D eigenvalue weighted by Gasteiger charge is -2.28. The lowest BCUT2D eigenvalue weighted by atomic mass is 10.4. The summed E-state index contributed by atoms with van der Waals surface area (Å²) < 4.78 is 38.0. The van der Waals surface area contributed by atoms with Crippen molar-refractivity contribution in [3.05, 3.63) is 0 Å². The molecule has 2 rings (SSSR count). The minimum atomic E-state index is -2.67. The summed E-state index contributed by atoms with van der Waals surface area (Å²) in [7, 11) is 2.12. The molecule has 0 bridgehead atoms. The molecule has 0 aromatic carbocycles. The van der Waals surface area contributed by atoms with E-state index < -0.39 is 8.80 Å². The summed E-state index contributed by atoms with van der Waals surface area (Å²) in [6, 6.07) is 0.550. The van der Waals surface area contributed by atoms with E-state index in [0.29, 0.717) is 25.9 Å². The highest BCUT2D eigenvalue weighted by Gasteiger charge is 2.41. The Balaban J connectivity index is 1.77. The Hall–Kier alpha value is -0.0631. The minimum Gasteiger partial charge on any atom is -0.377 e. The monoisotopic (exact) mass is 308 g/mol. The molecule has 2 aliphatic rings. The fourth-order valence-corrected chi connectivity index (χ4v) is 3.64. The van der Waals surface area contributed by atoms with Crippen LogP contribution in [0.2, 0.25) is 6.04 Å². The molecule has 2 fully saturated rings. The molecule has 0 radical (unpaired) electrons. The van der Waals surface area contributed by atoms with Crippen molar-refractivity contribution in [3.63, 3.8) is 0 Å². The van der Waals surface area contributed by atoms with Crippen molar-refractivity contribution < 1.29 is 32.2 Å². The van der Waals surface area contributed by atoms with Crippen molar-refractivity contribution in [3.8, 4) is 0 Å². The second kappa shape index (κ2) is 7.81. The maximum atomic E-state index is 5.83. The molecule has 0 aromatic heterocycles. The topological polar surface area (TPSA) is 71.2 Å². The van der Waals surface area contributed by atoms with E-state index in [2.05, 4.69) is 0 Å². The van der Waals surface area contributed by atoms with Crippen molar-refractivity contribution in [1.29, 1.82) is 0 Å². The second-order valence-electron chi connectivity index (χ2n) is 4.90. The van der Waals surface area contributed by atoms with Crippen molar-refractivity contribution >= 4 is 8.80 Å². The van der Waals surface area contributed by atoms with Crippen LogP contribution in [0.25, 0.3) is 0 Å². The van der Waals surface area contributed by atoms with Crippen LogP contribution in [0.1, 0.15) is 0 Å². The van der Waals surface area contributed by atoms with E-state index in [4.69, 9.17) is 32.2 Å². The summed E-state index contributed by atoms with van der Waals surface area (Å²) in [5, 5.41) is 0. The molecule has 2 heterocycles. The van der Waals surface area contributed by atoms with Gasteiger partial charge in [-0.05, 0) is 0 Å². The third-order valence-corrected chi connectivity index (χ3v) is 6.16. The van der Waals surface area contributed by atoms with Crippen molar-refractivity contribution in [1.82, 2.24) is 0 Å². The molecule has 0 amide bonds. The lowest BCUT2D eigenvalue weighted by Crippen LogP contribution is -2.47. The maximum absolute atomic E-state index is 5.83. The van der Waals surface area contributed by atoms with Gasteiger partial charge in [0.1, 0.15) is 12.2 Å². The van der Waals surface area contributed by atoms with Crippen LogP contribution in [0.4, 0.5) is 0 Å². The van der Waals surface area contributed by atoms with Gasteiger partial charge in [-0.1, -0.05) is 0 Å². The number of hydrogen-bond acceptors (Lipinski definition) is 7. The van der Waals surface area contributed by atoms with Gasteiger partial charge >= 0.3 is 8.80 Å². The zero-order valence-electron chi connectivity index (χ0n) is 12.3. The van der Waals surface area contributed by atoms with E-state index in [0.717, 1.165) is 13.2 Å². The second-order valence-corrected chi connectivity index (χ2v) is 7.90. The van der Waals surface area contributed by atoms with Crippen LogP contribution >= 0.6 is 0 Å². The van der Waals surface area contributed by atoms with Crippen molar-refractivity contribution in [2.75, 3.05) is 54.4 Å². The average molecular weight is 308 g/mol. The molecule has 0 N–H and O–H groups in total. The van der Waals surface area contributed by atoms with Crippen LogP contribution in [0.3, 0.4) is 0 Å². The molecule has 0 aromatic rings. The Morgan fingerprint density at radius 1 is 1.00 bits per heavy atom. The van der Waals surface area contributed by atoms with Gasteiger partial charge in [0.05, 0.1) is 39.1 Å². The van der Waals surface area contributed by atoms with Gasteiger partial charge in [0, 0.05) is 27.4 Å². The van der Waals surface area contributed by atoms with E-state index in [-0.39, 0.29) is 18.3 Å². The average Bonchev–Trinajstić information content (AvgIpc) is 3.36. The van der Waals surface area contributed by atoms with Crippen molar-refractivity contribution in [2.45, 2.75) is 24.4 Å². The van der Waals surface area contributed by atoms with Crippen LogP contribution in [-0.4, -0.2) is 81.5 Å². The van der Waals surface area contributed by atoms with Gasteiger partial charge in [-0.3, -0.25) is 0 Å². The number of rotatable bonds is 12. The van der Waals surface area contributed by atoms with E-state index in [9.17, 15) is 0 Å².